The third kappa shape index (κ3) is 4.05. The van der Waals surface area contributed by atoms with Crippen molar-refractivity contribution in [1.29, 1.82) is 0 Å². The molecule has 10 heteroatoms. The highest BCUT2D eigenvalue weighted by atomic mass is 16.6. The minimum atomic E-state index is -0.400. The average Bonchev–Trinajstić information content (AvgIpc) is 3.26. The zero-order valence-corrected chi connectivity index (χ0v) is 15.8. The van der Waals surface area contributed by atoms with Crippen LogP contribution in [0.2, 0.25) is 0 Å². The maximum Gasteiger partial charge on any atom is 0.365 e. The minimum Gasteiger partial charge on any atom is -0.358 e. The molecule has 0 aliphatic rings. The first kappa shape index (κ1) is 19.2. The van der Waals surface area contributed by atoms with E-state index in [0.717, 1.165) is 11.1 Å². The third-order valence-corrected chi connectivity index (χ3v) is 4.53. The molecule has 0 bridgehead atoms. The SMILES string of the molecule is CC[n+]1cc([N+](=O)[O-])n(Cc2cccc(Cn3c[n+](CC)cc3[N+](=O)[O-])c2)c1. The fourth-order valence-corrected chi connectivity index (χ4v) is 3.10. The average molecular weight is 386 g/mol. The molecule has 0 atom stereocenters. The lowest BCUT2D eigenvalue weighted by atomic mass is 10.1. The number of nitrogens with zero attached hydrogens (tertiary/aromatic N) is 6. The Kier molecular flexibility index (Phi) is 5.48. The molecule has 10 nitrogen and oxygen atoms in total. The van der Waals surface area contributed by atoms with Crippen molar-refractivity contribution in [3.8, 4) is 0 Å². The van der Waals surface area contributed by atoms with Crippen LogP contribution in [-0.2, 0) is 26.2 Å². The molecule has 0 saturated carbocycles. The molecular formula is C18H22N6O4+2. The van der Waals surface area contributed by atoms with Gasteiger partial charge in [0, 0.05) is 0 Å². The van der Waals surface area contributed by atoms with E-state index in [1.165, 1.54) is 12.4 Å². The summed E-state index contributed by atoms with van der Waals surface area (Å²) in [6, 6.07) is 7.55. The van der Waals surface area contributed by atoms with Crippen LogP contribution in [0.15, 0.2) is 49.3 Å². The van der Waals surface area contributed by atoms with Gasteiger partial charge >= 0.3 is 11.6 Å². The zero-order chi connectivity index (χ0) is 20.3. The minimum absolute atomic E-state index is 0.0253. The molecule has 2 heterocycles. The van der Waals surface area contributed by atoms with E-state index in [1.807, 2.05) is 38.1 Å². The molecule has 3 aromatic rings. The second-order valence-electron chi connectivity index (χ2n) is 6.46. The quantitative estimate of drug-likeness (QED) is 0.334. The molecule has 0 radical (unpaired) electrons. The fourth-order valence-electron chi connectivity index (χ4n) is 3.10. The van der Waals surface area contributed by atoms with Crippen molar-refractivity contribution >= 4 is 11.6 Å². The standard InChI is InChI=1S/C18H22N6O4/c1-3-19-11-17(23(25)26)21(13-19)9-15-6-5-7-16(8-15)10-22-14-20(4-2)12-18(22)24(27)28/h5-8,11-14H,3-4,9-10H2,1-2H3/q+2. The molecule has 0 unspecified atom stereocenters. The second-order valence-corrected chi connectivity index (χ2v) is 6.46. The number of rotatable bonds is 8. The molecule has 146 valence electrons. The van der Waals surface area contributed by atoms with Gasteiger partial charge in [0.15, 0.2) is 12.4 Å². The highest BCUT2D eigenvalue weighted by Gasteiger charge is 2.20. The predicted octanol–water partition coefficient (Wildman–Crippen LogP) is 1.82. The van der Waals surface area contributed by atoms with Gasteiger partial charge in [-0.2, -0.15) is 9.13 Å². The summed E-state index contributed by atoms with van der Waals surface area (Å²) in [5.41, 5.74) is 1.77. The number of hydrogen-bond acceptors (Lipinski definition) is 4. The van der Waals surface area contributed by atoms with Crippen molar-refractivity contribution in [3.05, 3.63) is 80.7 Å². The first-order valence-electron chi connectivity index (χ1n) is 8.96. The summed E-state index contributed by atoms with van der Waals surface area (Å²) in [6.07, 6.45) is 6.45. The molecule has 1 aromatic carbocycles. The largest absolute Gasteiger partial charge is 0.365 e. The van der Waals surface area contributed by atoms with Crippen molar-refractivity contribution in [3.63, 3.8) is 0 Å². The molecule has 0 spiro atoms. The van der Waals surface area contributed by atoms with E-state index in [1.54, 1.807) is 30.9 Å². The smallest absolute Gasteiger partial charge is 0.358 e. The molecule has 0 aliphatic carbocycles. The van der Waals surface area contributed by atoms with Gasteiger partial charge in [0.05, 0.1) is 13.1 Å². The molecule has 0 N–H and O–H groups in total. The van der Waals surface area contributed by atoms with Gasteiger partial charge < -0.3 is 20.2 Å². The van der Waals surface area contributed by atoms with Crippen LogP contribution in [0.4, 0.5) is 11.6 Å². The highest BCUT2D eigenvalue weighted by Crippen LogP contribution is 2.16. The van der Waals surface area contributed by atoms with Gasteiger partial charge in [-0.05, 0) is 40.9 Å². The van der Waals surface area contributed by atoms with E-state index in [-0.39, 0.29) is 11.6 Å². The van der Waals surface area contributed by atoms with Crippen LogP contribution in [0.25, 0.3) is 0 Å². The molecular weight excluding hydrogens is 364 g/mol. The van der Waals surface area contributed by atoms with Gasteiger partial charge in [-0.15, -0.1) is 0 Å². The van der Waals surface area contributed by atoms with E-state index in [9.17, 15) is 20.2 Å². The molecule has 0 amide bonds. The summed E-state index contributed by atoms with van der Waals surface area (Å²) < 4.78 is 6.70. The van der Waals surface area contributed by atoms with Gasteiger partial charge in [-0.1, -0.05) is 18.2 Å². The number of imidazole rings is 2. The monoisotopic (exact) mass is 386 g/mol. The maximum atomic E-state index is 11.3. The molecule has 0 fully saturated rings. The molecule has 2 aromatic heterocycles. The number of hydrogen-bond donors (Lipinski definition) is 0. The summed E-state index contributed by atoms with van der Waals surface area (Å²) in [6.45, 7) is 5.81. The van der Waals surface area contributed by atoms with Crippen LogP contribution >= 0.6 is 0 Å². The van der Waals surface area contributed by atoms with E-state index in [4.69, 9.17) is 0 Å². The normalized spacial score (nSPS) is 10.9. The highest BCUT2D eigenvalue weighted by molar-refractivity contribution is 5.26. The Bertz CT molecular complexity index is 946. The first-order chi connectivity index (χ1) is 13.4. The van der Waals surface area contributed by atoms with Gasteiger partial charge in [0.2, 0.25) is 12.7 Å². The van der Waals surface area contributed by atoms with E-state index < -0.39 is 9.85 Å². The Morgan fingerprint density at radius 1 is 0.857 bits per heavy atom. The van der Waals surface area contributed by atoms with Crippen molar-refractivity contribution < 1.29 is 19.0 Å². The Morgan fingerprint density at radius 2 is 1.29 bits per heavy atom. The van der Waals surface area contributed by atoms with Crippen molar-refractivity contribution in [2.24, 2.45) is 0 Å². The Labute approximate surface area is 161 Å². The van der Waals surface area contributed by atoms with E-state index in [0.29, 0.717) is 26.2 Å². The molecule has 0 aliphatic heterocycles. The molecule has 3 rings (SSSR count). The summed E-state index contributed by atoms with van der Waals surface area (Å²) >= 11 is 0. The van der Waals surface area contributed by atoms with E-state index >= 15 is 0 Å². The van der Waals surface area contributed by atoms with Crippen molar-refractivity contribution in [2.45, 2.75) is 40.0 Å². The van der Waals surface area contributed by atoms with Gasteiger partial charge in [0.25, 0.3) is 0 Å². The van der Waals surface area contributed by atoms with Gasteiger partial charge in [0.1, 0.15) is 13.1 Å². The number of aromatic nitrogens is 4. The van der Waals surface area contributed by atoms with Crippen molar-refractivity contribution in [1.82, 2.24) is 9.13 Å². The summed E-state index contributed by atoms with van der Waals surface area (Å²) in [7, 11) is 0. The Hall–Kier alpha value is -3.56. The molecule has 0 saturated heterocycles. The fraction of sp³-hybridized carbons (Fsp3) is 0.333. The maximum absolute atomic E-state index is 11.3. The lowest BCUT2D eigenvalue weighted by molar-refractivity contribution is -0.694. The van der Waals surface area contributed by atoms with Crippen LogP contribution in [-0.4, -0.2) is 19.0 Å². The first-order valence-corrected chi connectivity index (χ1v) is 8.96. The van der Waals surface area contributed by atoms with E-state index in [2.05, 4.69) is 0 Å². The van der Waals surface area contributed by atoms with Crippen LogP contribution < -0.4 is 9.13 Å². The topological polar surface area (TPSA) is 104 Å². The zero-order valence-electron chi connectivity index (χ0n) is 15.8. The van der Waals surface area contributed by atoms with Crippen molar-refractivity contribution in [2.75, 3.05) is 0 Å². The molecule has 28 heavy (non-hydrogen) atoms. The summed E-state index contributed by atoms with van der Waals surface area (Å²) in [5.74, 6) is 0.0505. The predicted molar refractivity (Wildman–Crippen MR) is 98.6 cm³/mol. The van der Waals surface area contributed by atoms with Gasteiger partial charge in [-0.3, -0.25) is 0 Å². The summed E-state index contributed by atoms with van der Waals surface area (Å²) in [5, 5.41) is 22.6. The number of aryl methyl sites for hydroxylation is 2. The van der Waals surface area contributed by atoms with Crippen LogP contribution in [0.3, 0.4) is 0 Å². The van der Waals surface area contributed by atoms with Crippen LogP contribution in [0.1, 0.15) is 25.0 Å². The summed E-state index contributed by atoms with van der Waals surface area (Å²) in [4.78, 5) is 21.8. The number of benzene rings is 1. The second kappa shape index (κ2) is 7.99. The van der Waals surface area contributed by atoms with Gasteiger partial charge in [-0.25, -0.2) is 9.13 Å². The third-order valence-electron chi connectivity index (χ3n) is 4.53. The Morgan fingerprint density at radius 3 is 1.64 bits per heavy atom. The van der Waals surface area contributed by atoms with Crippen LogP contribution in [0.5, 0.6) is 0 Å². The number of nitro groups is 2. The Balaban J connectivity index is 1.86. The lowest BCUT2D eigenvalue weighted by Crippen LogP contribution is -2.29. The lowest BCUT2D eigenvalue weighted by Gasteiger charge is -2.04. The van der Waals surface area contributed by atoms with Crippen LogP contribution in [0, 0.1) is 20.2 Å².